The molecular weight excluding hydrogens is 380 g/mol. The standard InChI is InChI=1S/C19H14N4O2S2/c1-12-7-15(17-5-4-14(10-20)18(11-21)22-17)9-16(8-12)23-27(24,25)19-6-3-13(2)26-19/h3-9,23H,1-2H3. The Morgan fingerprint density at radius 2 is 1.81 bits per heavy atom. The fourth-order valence-corrected chi connectivity index (χ4v) is 4.87. The van der Waals surface area contributed by atoms with Gasteiger partial charge < -0.3 is 0 Å². The van der Waals surface area contributed by atoms with Gasteiger partial charge in [0.25, 0.3) is 10.0 Å². The molecule has 0 radical (unpaired) electrons. The number of hydrogen-bond acceptors (Lipinski definition) is 6. The zero-order valence-electron chi connectivity index (χ0n) is 14.5. The molecule has 0 fully saturated rings. The molecule has 0 saturated carbocycles. The van der Waals surface area contributed by atoms with Gasteiger partial charge in [0, 0.05) is 16.1 Å². The summed E-state index contributed by atoms with van der Waals surface area (Å²) in [7, 11) is -3.68. The average molecular weight is 394 g/mol. The van der Waals surface area contributed by atoms with E-state index in [9.17, 15) is 8.42 Å². The van der Waals surface area contributed by atoms with Crippen molar-refractivity contribution < 1.29 is 8.42 Å². The minimum atomic E-state index is -3.68. The van der Waals surface area contributed by atoms with Gasteiger partial charge in [0.2, 0.25) is 0 Å². The molecule has 3 rings (SSSR count). The van der Waals surface area contributed by atoms with Crippen LogP contribution in [0.2, 0.25) is 0 Å². The van der Waals surface area contributed by atoms with E-state index in [4.69, 9.17) is 10.5 Å². The molecule has 134 valence electrons. The number of thiophene rings is 1. The van der Waals surface area contributed by atoms with Gasteiger partial charge in [-0.15, -0.1) is 11.3 Å². The van der Waals surface area contributed by atoms with Crippen molar-refractivity contribution in [2.45, 2.75) is 18.1 Å². The molecule has 0 saturated heterocycles. The predicted molar refractivity (Wildman–Crippen MR) is 104 cm³/mol. The first-order valence-electron chi connectivity index (χ1n) is 7.85. The molecule has 3 aromatic rings. The van der Waals surface area contributed by atoms with Crippen LogP contribution in [0.5, 0.6) is 0 Å². The van der Waals surface area contributed by atoms with Crippen LogP contribution in [-0.2, 0) is 10.0 Å². The quantitative estimate of drug-likeness (QED) is 0.720. The molecule has 0 aliphatic heterocycles. The van der Waals surface area contributed by atoms with Gasteiger partial charge in [0.15, 0.2) is 5.69 Å². The maximum Gasteiger partial charge on any atom is 0.271 e. The molecule has 0 unspecified atom stereocenters. The molecular formula is C19H14N4O2S2. The zero-order chi connectivity index (χ0) is 19.6. The van der Waals surface area contributed by atoms with Gasteiger partial charge in [-0.2, -0.15) is 10.5 Å². The summed E-state index contributed by atoms with van der Waals surface area (Å²) in [6.45, 7) is 3.68. The first-order chi connectivity index (χ1) is 12.8. The van der Waals surface area contributed by atoms with Crippen LogP contribution in [0, 0.1) is 36.5 Å². The molecule has 0 aliphatic carbocycles. The molecule has 1 aromatic carbocycles. The van der Waals surface area contributed by atoms with E-state index in [0.717, 1.165) is 10.4 Å². The van der Waals surface area contributed by atoms with Crippen molar-refractivity contribution in [2.24, 2.45) is 0 Å². The normalized spacial score (nSPS) is 10.8. The summed E-state index contributed by atoms with van der Waals surface area (Å²) < 4.78 is 28.0. The Morgan fingerprint density at radius 1 is 1.04 bits per heavy atom. The number of rotatable bonds is 4. The molecule has 2 aromatic heterocycles. The van der Waals surface area contributed by atoms with Gasteiger partial charge in [-0.1, -0.05) is 0 Å². The summed E-state index contributed by atoms with van der Waals surface area (Å²) in [5, 5.41) is 18.2. The first-order valence-corrected chi connectivity index (χ1v) is 10.1. The number of aryl methyl sites for hydroxylation is 2. The van der Waals surface area contributed by atoms with E-state index < -0.39 is 10.0 Å². The summed E-state index contributed by atoms with van der Waals surface area (Å²) in [6.07, 6.45) is 0. The number of nitrogens with zero attached hydrogens (tertiary/aromatic N) is 3. The summed E-state index contributed by atoms with van der Waals surface area (Å²) in [5.74, 6) is 0. The molecule has 0 atom stereocenters. The lowest BCUT2D eigenvalue weighted by Crippen LogP contribution is -2.11. The minimum absolute atomic E-state index is 0.0349. The topological polar surface area (TPSA) is 107 Å². The number of pyridine rings is 1. The largest absolute Gasteiger partial charge is 0.279 e. The van der Waals surface area contributed by atoms with Crippen LogP contribution < -0.4 is 4.72 Å². The number of anilines is 1. The van der Waals surface area contributed by atoms with Crippen molar-refractivity contribution in [2.75, 3.05) is 4.72 Å². The highest BCUT2D eigenvalue weighted by Gasteiger charge is 2.17. The average Bonchev–Trinajstić information content (AvgIpc) is 3.07. The fourth-order valence-electron chi connectivity index (χ4n) is 2.55. The Bertz CT molecular complexity index is 1220. The van der Waals surface area contributed by atoms with Gasteiger partial charge in [0.05, 0.1) is 11.3 Å². The lowest BCUT2D eigenvalue weighted by molar-refractivity contribution is 0.603. The van der Waals surface area contributed by atoms with Crippen molar-refractivity contribution in [3.05, 3.63) is 64.2 Å². The predicted octanol–water partition coefficient (Wildman–Crippen LogP) is 3.97. The van der Waals surface area contributed by atoms with E-state index >= 15 is 0 Å². The Kier molecular flexibility index (Phi) is 4.95. The van der Waals surface area contributed by atoms with Crippen molar-refractivity contribution in [1.29, 1.82) is 10.5 Å². The molecule has 0 bridgehead atoms. The maximum atomic E-state index is 12.6. The summed E-state index contributed by atoms with van der Waals surface area (Å²) in [6, 6.07) is 15.5. The number of nitriles is 2. The number of nitrogens with one attached hydrogen (secondary N) is 1. The fraction of sp³-hybridized carbons (Fsp3) is 0.105. The lowest BCUT2D eigenvalue weighted by Gasteiger charge is -2.10. The highest BCUT2D eigenvalue weighted by molar-refractivity contribution is 7.94. The van der Waals surface area contributed by atoms with Crippen molar-refractivity contribution in [3.8, 4) is 23.4 Å². The molecule has 0 amide bonds. The number of aromatic nitrogens is 1. The smallest absolute Gasteiger partial charge is 0.271 e. The second-order valence-electron chi connectivity index (χ2n) is 5.87. The zero-order valence-corrected chi connectivity index (χ0v) is 16.1. The number of benzene rings is 1. The van der Waals surface area contributed by atoms with E-state index in [2.05, 4.69) is 9.71 Å². The third-order valence-electron chi connectivity index (χ3n) is 3.73. The van der Waals surface area contributed by atoms with Gasteiger partial charge in [-0.3, -0.25) is 4.72 Å². The molecule has 1 N–H and O–H groups in total. The van der Waals surface area contributed by atoms with Crippen LogP contribution in [0.1, 0.15) is 21.7 Å². The molecule has 2 heterocycles. The van der Waals surface area contributed by atoms with Gasteiger partial charge in [-0.25, -0.2) is 13.4 Å². The van der Waals surface area contributed by atoms with E-state index in [0.29, 0.717) is 16.9 Å². The van der Waals surface area contributed by atoms with Crippen molar-refractivity contribution in [1.82, 2.24) is 4.98 Å². The Balaban J connectivity index is 2.01. The van der Waals surface area contributed by atoms with Crippen LogP contribution in [0.25, 0.3) is 11.3 Å². The van der Waals surface area contributed by atoms with E-state index in [1.165, 1.54) is 17.4 Å². The molecule has 8 heteroatoms. The van der Waals surface area contributed by atoms with Crippen molar-refractivity contribution in [3.63, 3.8) is 0 Å². The number of sulfonamides is 1. The monoisotopic (exact) mass is 394 g/mol. The molecule has 6 nitrogen and oxygen atoms in total. The van der Waals surface area contributed by atoms with Crippen LogP contribution in [0.4, 0.5) is 5.69 Å². The van der Waals surface area contributed by atoms with Gasteiger partial charge in [0.1, 0.15) is 16.3 Å². The van der Waals surface area contributed by atoms with Crippen LogP contribution in [0.15, 0.2) is 46.7 Å². The first kappa shape index (κ1) is 18.6. The van der Waals surface area contributed by atoms with Crippen LogP contribution in [-0.4, -0.2) is 13.4 Å². The summed E-state index contributed by atoms with van der Waals surface area (Å²) >= 11 is 1.20. The Morgan fingerprint density at radius 3 is 2.44 bits per heavy atom. The third kappa shape index (κ3) is 3.98. The van der Waals surface area contributed by atoms with Gasteiger partial charge >= 0.3 is 0 Å². The SMILES string of the molecule is Cc1cc(NS(=O)(=O)c2ccc(C)s2)cc(-c2ccc(C#N)c(C#N)n2)c1. The number of hydrogen-bond donors (Lipinski definition) is 1. The maximum absolute atomic E-state index is 12.6. The summed E-state index contributed by atoms with van der Waals surface area (Å²) in [4.78, 5) is 5.12. The summed E-state index contributed by atoms with van der Waals surface area (Å²) in [5.41, 5.74) is 2.60. The minimum Gasteiger partial charge on any atom is -0.279 e. The Hall–Kier alpha value is -3.20. The molecule has 0 spiro atoms. The van der Waals surface area contributed by atoms with Gasteiger partial charge in [-0.05, 0) is 61.9 Å². The highest BCUT2D eigenvalue weighted by Crippen LogP contribution is 2.28. The van der Waals surface area contributed by atoms with E-state index in [-0.39, 0.29) is 15.5 Å². The molecule has 27 heavy (non-hydrogen) atoms. The molecule has 0 aliphatic rings. The van der Waals surface area contributed by atoms with Crippen LogP contribution >= 0.6 is 11.3 Å². The van der Waals surface area contributed by atoms with Crippen LogP contribution in [0.3, 0.4) is 0 Å². The lowest BCUT2D eigenvalue weighted by atomic mass is 10.1. The van der Waals surface area contributed by atoms with E-state index in [1.807, 2.05) is 32.1 Å². The van der Waals surface area contributed by atoms with Crippen molar-refractivity contribution >= 4 is 27.0 Å². The second kappa shape index (κ2) is 7.20. The van der Waals surface area contributed by atoms with E-state index in [1.54, 1.807) is 30.3 Å². The second-order valence-corrected chi connectivity index (χ2v) is 9.07. The highest BCUT2D eigenvalue weighted by atomic mass is 32.2. The Labute approximate surface area is 161 Å². The third-order valence-corrected chi connectivity index (χ3v) is 6.60.